The number of nitrogens with zero attached hydrogens (tertiary/aromatic N) is 2. The van der Waals surface area contributed by atoms with Crippen molar-refractivity contribution in [3.8, 4) is 11.5 Å². The summed E-state index contributed by atoms with van der Waals surface area (Å²) in [5.74, 6) is 1.81. The Bertz CT molecular complexity index is 878. The number of carbonyl (C=O) groups excluding carboxylic acids is 1. The van der Waals surface area contributed by atoms with Crippen molar-refractivity contribution in [2.45, 2.75) is 49.8 Å². The smallest absolute Gasteiger partial charge is 0.240 e. The zero-order valence-electron chi connectivity index (χ0n) is 18.8. The number of benzene rings is 1. The number of hydrogen-bond donors (Lipinski definition) is 1. The van der Waals surface area contributed by atoms with Crippen LogP contribution in [0, 0.1) is 5.92 Å². The van der Waals surface area contributed by atoms with Gasteiger partial charge in [0.05, 0.1) is 18.1 Å². The average molecular weight is 466 g/mol. The first kappa shape index (κ1) is 23.3. The molecule has 2 fully saturated rings. The Balaban J connectivity index is 1.21. The zero-order valence-corrected chi connectivity index (χ0v) is 19.6. The van der Waals surface area contributed by atoms with E-state index >= 15 is 0 Å². The van der Waals surface area contributed by atoms with E-state index in [1.165, 1.54) is 44.2 Å². The van der Waals surface area contributed by atoms with Gasteiger partial charge >= 0.3 is 0 Å². The summed E-state index contributed by atoms with van der Waals surface area (Å²) < 4.78 is 39.0. The second-order valence-electron chi connectivity index (χ2n) is 8.99. The lowest BCUT2D eigenvalue weighted by Crippen LogP contribution is -2.50. The molecule has 0 bridgehead atoms. The number of fused-ring (bicyclic) bond motifs is 1. The fourth-order valence-corrected chi connectivity index (χ4v) is 5.81. The van der Waals surface area contributed by atoms with Gasteiger partial charge in [0.2, 0.25) is 15.9 Å². The summed E-state index contributed by atoms with van der Waals surface area (Å²) in [7, 11) is -3.72. The molecule has 1 amide bonds. The first-order valence-electron chi connectivity index (χ1n) is 11.9. The minimum atomic E-state index is -3.72. The number of amides is 1. The minimum Gasteiger partial charge on any atom is -0.490 e. The van der Waals surface area contributed by atoms with E-state index in [2.05, 4.69) is 9.62 Å². The number of ether oxygens (including phenoxy) is 2. The maximum atomic E-state index is 12.7. The predicted octanol–water partition coefficient (Wildman–Crippen LogP) is 2.24. The molecular weight excluding hydrogens is 430 g/mol. The fourth-order valence-electron chi connectivity index (χ4n) is 4.76. The third kappa shape index (κ3) is 6.14. The highest BCUT2D eigenvalue weighted by atomic mass is 32.2. The van der Waals surface area contributed by atoms with E-state index in [-0.39, 0.29) is 23.8 Å². The van der Waals surface area contributed by atoms with E-state index in [1.54, 1.807) is 6.07 Å². The summed E-state index contributed by atoms with van der Waals surface area (Å²) in [6.07, 6.45) is 7.66. The van der Waals surface area contributed by atoms with E-state index in [0.29, 0.717) is 24.7 Å². The summed E-state index contributed by atoms with van der Waals surface area (Å²) >= 11 is 0. The van der Waals surface area contributed by atoms with Crippen LogP contribution >= 0.6 is 0 Å². The van der Waals surface area contributed by atoms with Crippen LogP contribution in [0.2, 0.25) is 0 Å². The van der Waals surface area contributed by atoms with Crippen LogP contribution < -0.4 is 14.2 Å². The van der Waals surface area contributed by atoms with Gasteiger partial charge in [-0.1, -0.05) is 19.3 Å². The fraction of sp³-hybridized carbons (Fsp3) is 0.696. The molecule has 3 aliphatic rings. The molecule has 2 aliphatic heterocycles. The number of nitrogens with one attached hydrogen (secondary N) is 1. The first-order chi connectivity index (χ1) is 15.5. The van der Waals surface area contributed by atoms with Crippen molar-refractivity contribution in [3.63, 3.8) is 0 Å². The van der Waals surface area contributed by atoms with Gasteiger partial charge in [-0.2, -0.15) is 0 Å². The molecule has 4 rings (SSSR count). The molecule has 0 spiro atoms. The lowest BCUT2D eigenvalue weighted by molar-refractivity contribution is -0.132. The van der Waals surface area contributed by atoms with Crippen LogP contribution in [-0.4, -0.2) is 76.6 Å². The largest absolute Gasteiger partial charge is 0.490 e. The van der Waals surface area contributed by atoms with Crippen LogP contribution in [0.25, 0.3) is 0 Å². The number of rotatable bonds is 7. The van der Waals surface area contributed by atoms with Gasteiger partial charge in [-0.3, -0.25) is 9.69 Å². The van der Waals surface area contributed by atoms with Gasteiger partial charge in [-0.15, -0.1) is 0 Å². The van der Waals surface area contributed by atoms with Crippen LogP contribution in [0.15, 0.2) is 23.1 Å². The van der Waals surface area contributed by atoms with Gasteiger partial charge in [0, 0.05) is 58.2 Å². The van der Waals surface area contributed by atoms with E-state index in [9.17, 15) is 13.2 Å². The molecule has 0 aromatic heterocycles. The average Bonchev–Trinajstić information content (AvgIpc) is 3.05. The molecule has 178 valence electrons. The standard InChI is InChI=1S/C23H35N3O5S/c27-23(26-13-11-25(12-14-26)18-19-5-2-1-3-6-19)9-10-24-32(28,29)20-7-8-21-22(17-20)31-16-4-15-30-21/h7-8,17,19,24H,1-6,9-16,18H2. The van der Waals surface area contributed by atoms with Crippen molar-refractivity contribution in [1.82, 2.24) is 14.5 Å². The summed E-state index contributed by atoms with van der Waals surface area (Å²) in [4.78, 5) is 17.0. The molecular formula is C23H35N3O5S. The van der Waals surface area contributed by atoms with Crippen molar-refractivity contribution >= 4 is 15.9 Å². The third-order valence-electron chi connectivity index (χ3n) is 6.63. The Hall–Kier alpha value is -1.84. The first-order valence-corrected chi connectivity index (χ1v) is 13.4. The van der Waals surface area contributed by atoms with E-state index in [0.717, 1.165) is 45.1 Å². The molecule has 1 N–H and O–H groups in total. The Morgan fingerprint density at radius 2 is 1.69 bits per heavy atom. The van der Waals surface area contributed by atoms with Crippen molar-refractivity contribution < 1.29 is 22.7 Å². The van der Waals surface area contributed by atoms with Crippen LogP contribution in [0.1, 0.15) is 44.9 Å². The minimum absolute atomic E-state index is 0.00341. The lowest BCUT2D eigenvalue weighted by Gasteiger charge is -2.37. The van der Waals surface area contributed by atoms with E-state index < -0.39 is 10.0 Å². The molecule has 32 heavy (non-hydrogen) atoms. The second-order valence-corrected chi connectivity index (χ2v) is 10.8. The van der Waals surface area contributed by atoms with Gasteiger partial charge in [-0.05, 0) is 30.9 Å². The van der Waals surface area contributed by atoms with Crippen LogP contribution in [0.4, 0.5) is 0 Å². The predicted molar refractivity (Wildman–Crippen MR) is 121 cm³/mol. The molecule has 1 saturated heterocycles. The van der Waals surface area contributed by atoms with Gasteiger partial charge in [0.25, 0.3) is 0 Å². The third-order valence-corrected chi connectivity index (χ3v) is 8.09. The Kier molecular flexibility index (Phi) is 7.91. The number of hydrogen-bond acceptors (Lipinski definition) is 6. The number of sulfonamides is 1. The topological polar surface area (TPSA) is 88.2 Å². The molecule has 0 radical (unpaired) electrons. The summed E-state index contributed by atoms with van der Waals surface area (Å²) in [5, 5.41) is 0. The number of carbonyl (C=O) groups is 1. The lowest BCUT2D eigenvalue weighted by atomic mass is 9.89. The summed E-state index contributed by atoms with van der Waals surface area (Å²) in [6.45, 7) is 5.53. The highest BCUT2D eigenvalue weighted by molar-refractivity contribution is 7.89. The molecule has 1 aromatic rings. The zero-order chi connectivity index (χ0) is 22.4. The van der Waals surface area contributed by atoms with E-state index in [4.69, 9.17) is 9.47 Å². The Labute approximate surface area is 191 Å². The van der Waals surface area contributed by atoms with Crippen LogP contribution in [0.5, 0.6) is 11.5 Å². The van der Waals surface area contributed by atoms with Crippen molar-refractivity contribution in [1.29, 1.82) is 0 Å². The van der Waals surface area contributed by atoms with Crippen LogP contribution in [0.3, 0.4) is 0 Å². The molecule has 2 heterocycles. The molecule has 9 heteroatoms. The normalized spacial score (nSPS) is 20.7. The SMILES string of the molecule is O=C(CCNS(=O)(=O)c1ccc2c(c1)OCCCO2)N1CCN(CC2CCCCC2)CC1. The van der Waals surface area contributed by atoms with Gasteiger partial charge < -0.3 is 14.4 Å². The Morgan fingerprint density at radius 1 is 0.969 bits per heavy atom. The summed E-state index contributed by atoms with van der Waals surface area (Å²) in [5.41, 5.74) is 0. The molecule has 1 aromatic carbocycles. The number of piperazine rings is 1. The maximum absolute atomic E-state index is 12.7. The molecule has 0 unspecified atom stereocenters. The summed E-state index contributed by atoms with van der Waals surface area (Å²) in [6, 6.07) is 4.60. The van der Waals surface area contributed by atoms with Crippen LogP contribution in [-0.2, 0) is 14.8 Å². The monoisotopic (exact) mass is 465 g/mol. The van der Waals surface area contributed by atoms with Gasteiger partial charge in [-0.25, -0.2) is 13.1 Å². The van der Waals surface area contributed by atoms with Gasteiger partial charge in [0.15, 0.2) is 11.5 Å². The van der Waals surface area contributed by atoms with Gasteiger partial charge in [0.1, 0.15) is 0 Å². The molecule has 8 nitrogen and oxygen atoms in total. The Morgan fingerprint density at radius 3 is 2.44 bits per heavy atom. The van der Waals surface area contributed by atoms with Crippen molar-refractivity contribution in [2.24, 2.45) is 5.92 Å². The highest BCUT2D eigenvalue weighted by Gasteiger charge is 2.24. The molecule has 1 aliphatic carbocycles. The molecule has 1 saturated carbocycles. The van der Waals surface area contributed by atoms with E-state index in [1.807, 2.05) is 4.90 Å². The maximum Gasteiger partial charge on any atom is 0.240 e. The van der Waals surface area contributed by atoms with Crippen molar-refractivity contribution in [3.05, 3.63) is 18.2 Å². The second kappa shape index (κ2) is 10.9. The quantitative estimate of drug-likeness (QED) is 0.665. The highest BCUT2D eigenvalue weighted by Crippen LogP contribution is 2.31. The van der Waals surface area contributed by atoms with Crippen molar-refractivity contribution in [2.75, 3.05) is 52.5 Å². The molecule has 0 atom stereocenters.